The number of hydrogen-bond acceptors (Lipinski definition) is 5. The quantitative estimate of drug-likeness (QED) is 0.759. The van der Waals surface area contributed by atoms with Gasteiger partial charge < -0.3 is 19.7 Å². The topological polar surface area (TPSA) is 84.9 Å². The maximum absolute atomic E-state index is 13.2. The summed E-state index contributed by atoms with van der Waals surface area (Å²) in [6.07, 6.45) is 0.505. The number of amides is 2. The van der Waals surface area contributed by atoms with Crippen LogP contribution in [0.25, 0.3) is 0 Å². The average Bonchev–Trinajstić information content (AvgIpc) is 3.26. The van der Waals surface area contributed by atoms with Gasteiger partial charge in [-0.15, -0.1) is 0 Å². The lowest BCUT2D eigenvalue weighted by atomic mass is 10.1. The molecule has 152 valence electrons. The van der Waals surface area contributed by atoms with Crippen molar-refractivity contribution < 1.29 is 23.9 Å². The summed E-state index contributed by atoms with van der Waals surface area (Å²) in [5, 5.41) is 2.57. The molecule has 0 aromatic heterocycles. The van der Waals surface area contributed by atoms with E-state index >= 15 is 0 Å². The van der Waals surface area contributed by atoms with Gasteiger partial charge in [0.05, 0.1) is 7.11 Å². The molecule has 0 saturated carbocycles. The molecule has 1 heterocycles. The molecule has 0 radical (unpaired) electrons. The molecular weight excluding hydrogens is 372 g/mol. The van der Waals surface area contributed by atoms with Gasteiger partial charge in [0.1, 0.15) is 18.7 Å². The molecule has 29 heavy (non-hydrogen) atoms. The van der Waals surface area contributed by atoms with Gasteiger partial charge in [0.25, 0.3) is 5.91 Å². The van der Waals surface area contributed by atoms with Crippen molar-refractivity contribution in [2.75, 3.05) is 13.7 Å². The van der Waals surface area contributed by atoms with Gasteiger partial charge in [0.2, 0.25) is 0 Å². The number of esters is 1. The van der Waals surface area contributed by atoms with E-state index in [1.807, 2.05) is 36.4 Å². The summed E-state index contributed by atoms with van der Waals surface area (Å²) in [7, 11) is 1.24. The van der Waals surface area contributed by atoms with Gasteiger partial charge in [-0.25, -0.2) is 9.59 Å². The van der Waals surface area contributed by atoms with Crippen molar-refractivity contribution in [1.82, 2.24) is 10.2 Å². The third-order valence-electron chi connectivity index (χ3n) is 4.86. The van der Waals surface area contributed by atoms with Crippen LogP contribution in [0, 0.1) is 0 Å². The number of nitrogens with one attached hydrogen (secondary N) is 1. The fraction of sp³-hybridized carbons (Fsp3) is 0.318. The zero-order valence-electron chi connectivity index (χ0n) is 16.2. The number of ether oxygens (including phenoxy) is 2. The normalized spacial score (nSPS) is 16.7. The Kier molecular flexibility index (Phi) is 6.84. The molecule has 7 nitrogen and oxygen atoms in total. The summed E-state index contributed by atoms with van der Waals surface area (Å²) in [5.41, 5.74) is 1.50. The van der Waals surface area contributed by atoms with E-state index in [1.54, 1.807) is 24.3 Å². The molecule has 1 N–H and O–H groups in total. The van der Waals surface area contributed by atoms with Crippen LogP contribution >= 0.6 is 0 Å². The standard InChI is InChI=1S/C22H24N2O5/c1-28-22(27)23-19(17-11-6-3-7-12-17)20(25)24-14-8-13-18(24)21(26)29-15-16-9-4-2-5-10-16/h2-7,9-12,18-19H,8,13-15H2,1H3,(H,23,27)/t18?,19-/m0/s1. The van der Waals surface area contributed by atoms with Gasteiger partial charge >= 0.3 is 12.1 Å². The Bertz CT molecular complexity index is 841. The van der Waals surface area contributed by atoms with Gasteiger partial charge in [-0.05, 0) is 24.0 Å². The van der Waals surface area contributed by atoms with E-state index in [4.69, 9.17) is 4.74 Å². The van der Waals surface area contributed by atoms with Gasteiger partial charge in [-0.1, -0.05) is 60.7 Å². The first-order valence-corrected chi connectivity index (χ1v) is 9.50. The third-order valence-corrected chi connectivity index (χ3v) is 4.86. The van der Waals surface area contributed by atoms with E-state index < -0.39 is 24.1 Å². The van der Waals surface area contributed by atoms with Gasteiger partial charge in [-0.3, -0.25) is 4.79 Å². The number of alkyl carbamates (subject to hydrolysis) is 1. The minimum atomic E-state index is -0.939. The fourth-order valence-electron chi connectivity index (χ4n) is 3.38. The number of hydrogen-bond donors (Lipinski definition) is 1. The minimum absolute atomic E-state index is 0.154. The Morgan fingerprint density at radius 3 is 2.38 bits per heavy atom. The van der Waals surface area contributed by atoms with Crippen LogP contribution < -0.4 is 5.32 Å². The van der Waals surface area contributed by atoms with E-state index in [0.29, 0.717) is 24.9 Å². The lowest BCUT2D eigenvalue weighted by Gasteiger charge is -2.28. The first kappa shape index (κ1) is 20.4. The minimum Gasteiger partial charge on any atom is -0.459 e. The molecule has 2 atom stereocenters. The van der Waals surface area contributed by atoms with Crippen LogP contribution in [0.2, 0.25) is 0 Å². The van der Waals surface area contributed by atoms with Crippen molar-refractivity contribution in [1.29, 1.82) is 0 Å². The number of rotatable bonds is 6. The molecule has 3 rings (SSSR count). The summed E-state index contributed by atoms with van der Waals surface area (Å²) in [6, 6.07) is 16.7. The van der Waals surface area contributed by atoms with Crippen molar-refractivity contribution in [2.45, 2.75) is 31.5 Å². The highest BCUT2D eigenvalue weighted by molar-refractivity contribution is 5.91. The first-order chi connectivity index (χ1) is 14.1. The van der Waals surface area contributed by atoms with Crippen LogP contribution in [0.5, 0.6) is 0 Å². The second kappa shape index (κ2) is 9.73. The summed E-state index contributed by atoms with van der Waals surface area (Å²) < 4.78 is 10.1. The second-order valence-corrected chi connectivity index (χ2v) is 6.76. The Hall–Kier alpha value is -3.35. The molecule has 0 bridgehead atoms. The smallest absolute Gasteiger partial charge is 0.407 e. The van der Waals surface area contributed by atoms with Crippen molar-refractivity contribution >= 4 is 18.0 Å². The first-order valence-electron chi connectivity index (χ1n) is 9.50. The monoisotopic (exact) mass is 396 g/mol. The molecule has 1 aliphatic heterocycles. The molecule has 2 aromatic rings. The van der Waals surface area contributed by atoms with Crippen molar-refractivity contribution in [2.24, 2.45) is 0 Å². The highest BCUT2D eigenvalue weighted by Crippen LogP contribution is 2.25. The van der Waals surface area contributed by atoms with Gasteiger partial charge in [0.15, 0.2) is 0 Å². The highest BCUT2D eigenvalue weighted by atomic mass is 16.5. The van der Waals surface area contributed by atoms with Crippen LogP contribution in [-0.2, 0) is 25.7 Å². The van der Waals surface area contributed by atoms with Crippen LogP contribution in [0.15, 0.2) is 60.7 Å². The summed E-state index contributed by atoms with van der Waals surface area (Å²) in [4.78, 5) is 39.2. The lowest BCUT2D eigenvalue weighted by Crippen LogP contribution is -2.47. The van der Waals surface area contributed by atoms with Crippen LogP contribution in [0.4, 0.5) is 4.79 Å². The number of methoxy groups -OCH3 is 1. The number of nitrogens with zero attached hydrogens (tertiary/aromatic N) is 1. The molecule has 1 unspecified atom stereocenters. The SMILES string of the molecule is COC(=O)N[C@H](C(=O)N1CCCC1C(=O)OCc1ccccc1)c1ccccc1. The van der Waals surface area contributed by atoms with E-state index in [9.17, 15) is 14.4 Å². The second-order valence-electron chi connectivity index (χ2n) is 6.76. The molecule has 0 aliphatic carbocycles. The molecule has 1 fully saturated rings. The average molecular weight is 396 g/mol. The van der Waals surface area contributed by atoms with Crippen LogP contribution in [0.1, 0.15) is 30.0 Å². The Morgan fingerprint density at radius 1 is 1.07 bits per heavy atom. The Labute approximate surface area is 169 Å². The number of likely N-dealkylation sites (tertiary alicyclic amines) is 1. The summed E-state index contributed by atoms with van der Waals surface area (Å²) in [6.45, 7) is 0.580. The van der Waals surface area contributed by atoms with Crippen molar-refractivity contribution in [3.05, 3.63) is 71.8 Å². The maximum Gasteiger partial charge on any atom is 0.407 e. The largest absolute Gasteiger partial charge is 0.459 e. The fourth-order valence-corrected chi connectivity index (χ4v) is 3.38. The predicted octanol–water partition coefficient (Wildman–Crippen LogP) is 2.82. The van der Waals surface area contributed by atoms with E-state index in [2.05, 4.69) is 10.1 Å². The van der Waals surface area contributed by atoms with Crippen molar-refractivity contribution in [3.63, 3.8) is 0 Å². The summed E-state index contributed by atoms with van der Waals surface area (Å²) >= 11 is 0. The highest BCUT2D eigenvalue weighted by Gasteiger charge is 2.39. The van der Waals surface area contributed by atoms with Crippen LogP contribution in [0.3, 0.4) is 0 Å². The van der Waals surface area contributed by atoms with Gasteiger partial charge in [-0.2, -0.15) is 0 Å². The Morgan fingerprint density at radius 2 is 1.72 bits per heavy atom. The Balaban J connectivity index is 1.72. The number of carbonyl (C=O) groups excluding carboxylic acids is 3. The van der Waals surface area contributed by atoms with E-state index in [-0.39, 0.29) is 12.5 Å². The van der Waals surface area contributed by atoms with E-state index in [1.165, 1.54) is 12.0 Å². The lowest BCUT2D eigenvalue weighted by molar-refractivity contribution is -0.155. The molecule has 7 heteroatoms. The van der Waals surface area contributed by atoms with E-state index in [0.717, 1.165) is 5.56 Å². The molecule has 1 saturated heterocycles. The zero-order valence-corrected chi connectivity index (χ0v) is 16.2. The maximum atomic E-state index is 13.2. The number of carbonyl (C=O) groups is 3. The zero-order chi connectivity index (χ0) is 20.6. The predicted molar refractivity (Wildman–Crippen MR) is 106 cm³/mol. The van der Waals surface area contributed by atoms with Gasteiger partial charge in [0, 0.05) is 6.54 Å². The van der Waals surface area contributed by atoms with Crippen molar-refractivity contribution in [3.8, 4) is 0 Å². The van der Waals surface area contributed by atoms with Crippen LogP contribution in [-0.4, -0.2) is 42.6 Å². The number of benzene rings is 2. The third kappa shape index (κ3) is 5.13. The molecule has 2 amide bonds. The molecular formula is C22H24N2O5. The molecule has 1 aliphatic rings. The molecule has 2 aromatic carbocycles. The molecule has 0 spiro atoms. The summed E-state index contributed by atoms with van der Waals surface area (Å²) in [5.74, 6) is -0.801.